The zero-order chi connectivity index (χ0) is 25.1. The first kappa shape index (κ1) is 25.0. The van der Waals surface area contributed by atoms with Gasteiger partial charge in [-0.2, -0.15) is 17.9 Å². The molecule has 34 heavy (non-hydrogen) atoms. The highest BCUT2D eigenvalue weighted by Crippen LogP contribution is 2.42. The van der Waals surface area contributed by atoms with Gasteiger partial charge in [0.2, 0.25) is 10.0 Å². The number of hydrogen-bond donors (Lipinski definition) is 1. The first-order chi connectivity index (χ1) is 15.7. The molecule has 1 atom stereocenters. The Kier molecular flexibility index (Phi) is 6.28. The van der Waals surface area contributed by atoms with Crippen molar-refractivity contribution in [1.29, 1.82) is 0 Å². The van der Waals surface area contributed by atoms with Crippen molar-refractivity contribution in [1.82, 2.24) is 9.29 Å². The number of halogens is 5. The summed E-state index contributed by atoms with van der Waals surface area (Å²) in [6, 6.07) is 6.64. The molecular formula is C24H25ClF4N2O2S. The van der Waals surface area contributed by atoms with Gasteiger partial charge in [-0.05, 0) is 36.5 Å². The van der Waals surface area contributed by atoms with Gasteiger partial charge in [0.15, 0.2) is 0 Å². The van der Waals surface area contributed by atoms with Crippen molar-refractivity contribution in [2.24, 2.45) is 5.41 Å². The van der Waals surface area contributed by atoms with Crippen LogP contribution in [0.25, 0.3) is 22.0 Å². The van der Waals surface area contributed by atoms with E-state index < -0.39 is 33.3 Å². The highest BCUT2D eigenvalue weighted by molar-refractivity contribution is 7.90. The molecule has 1 aliphatic carbocycles. The fourth-order valence-corrected chi connectivity index (χ4v) is 5.82. The Hall–Kier alpha value is -2.10. The molecule has 4 nitrogen and oxygen atoms in total. The van der Waals surface area contributed by atoms with E-state index in [1.165, 1.54) is 12.3 Å². The molecule has 0 saturated heterocycles. The van der Waals surface area contributed by atoms with Gasteiger partial charge < -0.3 is 4.57 Å². The Bertz CT molecular complexity index is 1340. The monoisotopic (exact) mass is 516 g/mol. The van der Waals surface area contributed by atoms with Gasteiger partial charge in [0, 0.05) is 45.4 Å². The average molecular weight is 517 g/mol. The normalized spacial score (nSPS) is 16.2. The fraction of sp³-hybridized carbons (Fsp3) is 0.417. The van der Waals surface area contributed by atoms with Crippen LogP contribution in [0.2, 0.25) is 5.02 Å². The highest BCUT2D eigenvalue weighted by atomic mass is 35.5. The lowest BCUT2D eigenvalue weighted by atomic mass is 9.96. The van der Waals surface area contributed by atoms with E-state index in [0.717, 1.165) is 6.07 Å². The number of alkyl halides is 3. The van der Waals surface area contributed by atoms with Gasteiger partial charge in [0.25, 0.3) is 0 Å². The molecule has 4 rings (SSSR count). The molecule has 1 fully saturated rings. The van der Waals surface area contributed by atoms with Gasteiger partial charge in [-0.3, -0.25) is 0 Å². The molecule has 2 aromatic carbocycles. The van der Waals surface area contributed by atoms with E-state index >= 15 is 4.39 Å². The average Bonchev–Trinajstić information content (AvgIpc) is 3.50. The molecule has 0 radical (unpaired) electrons. The Balaban J connectivity index is 1.94. The molecule has 1 aliphatic rings. The van der Waals surface area contributed by atoms with E-state index in [1.54, 1.807) is 28.8 Å². The summed E-state index contributed by atoms with van der Waals surface area (Å²) in [6.07, 6.45) is -3.00. The number of sulfonamides is 1. The summed E-state index contributed by atoms with van der Waals surface area (Å²) in [4.78, 5) is 0. The largest absolute Gasteiger partial charge is 0.408 e. The number of nitrogens with one attached hydrogen (secondary N) is 1. The molecule has 1 aromatic heterocycles. The van der Waals surface area contributed by atoms with Crippen LogP contribution < -0.4 is 4.72 Å². The van der Waals surface area contributed by atoms with E-state index in [-0.39, 0.29) is 21.9 Å². The standard InChI is InChI=1S/C24H25ClF4N2O2S/c1-23(2,3)13-31-12-18(22(24(27,28)29)30-34(32,33)14-8-9-14)17-10-20(26)16(11-21(17)31)15-6-4-5-7-19(15)25/h4-7,10-12,14,22,30H,8-9,13H2,1-3H3. The van der Waals surface area contributed by atoms with Crippen LogP contribution in [0.5, 0.6) is 0 Å². The van der Waals surface area contributed by atoms with Crippen LogP contribution in [-0.4, -0.2) is 24.4 Å². The van der Waals surface area contributed by atoms with Gasteiger partial charge in [-0.15, -0.1) is 0 Å². The first-order valence-electron chi connectivity index (χ1n) is 10.8. The van der Waals surface area contributed by atoms with Crippen LogP contribution in [0.4, 0.5) is 17.6 Å². The smallest absolute Gasteiger partial charge is 0.347 e. The van der Waals surface area contributed by atoms with Gasteiger partial charge in [-0.1, -0.05) is 50.6 Å². The van der Waals surface area contributed by atoms with Gasteiger partial charge >= 0.3 is 6.18 Å². The maximum atomic E-state index is 15.3. The minimum Gasteiger partial charge on any atom is -0.347 e. The van der Waals surface area contributed by atoms with Crippen molar-refractivity contribution < 1.29 is 26.0 Å². The van der Waals surface area contributed by atoms with Crippen molar-refractivity contribution in [2.75, 3.05) is 0 Å². The van der Waals surface area contributed by atoms with Crippen molar-refractivity contribution in [2.45, 2.75) is 57.6 Å². The topological polar surface area (TPSA) is 51.1 Å². The summed E-state index contributed by atoms with van der Waals surface area (Å²) >= 11 is 6.25. The molecule has 0 aliphatic heterocycles. The number of rotatable bonds is 6. The third kappa shape index (κ3) is 5.11. The summed E-state index contributed by atoms with van der Waals surface area (Å²) in [7, 11) is -4.17. The molecule has 10 heteroatoms. The summed E-state index contributed by atoms with van der Waals surface area (Å²) in [5.41, 5.74) is 0.279. The molecule has 0 spiro atoms. The van der Waals surface area contributed by atoms with Crippen LogP contribution >= 0.6 is 11.6 Å². The van der Waals surface area contributed by atoms with E-state index in [0.29, 0.717) is 35.5 Å². The second-order valence-corrected chi connectivity index (χ2v) is 12.3. The van der Waals surface area contributed by atoms with E-state index in [2.05, 4.69) is 0 Å². The lowest BCUT2D eigenvalue weighted by Gasteiger charge is -2.22. The van der Waals surface area contributed by atoms with Crippen molar-refractivity contribution in [3.05, 3.63) is 59.0 Å². The minimum absolute atomic E-state index is 0.00150. The second-order valence-electron chi connectivity index (χ2n) is 9.94. The molecule has 0 bridgehead atoms. The number of aromatic nitrogens is 1. The molecule has 3 aromatic rings. The predicted octanol–water partition coefficient (Wildman–Crippen LogP) is 6.83. The fourth-order valence-electron chi connectivity index (χ4n) is 4.04. The Morgan fingerprint density at radius 3 is 2.32 bits per heavy atom. The maximum absolute atomic E-state index is 15.3. The third-order valence-corrected chi connectivity index (χ3v) is 7.94. The van der Waals surface area contributed by atoms with Crippen LogP contribution in [-0.2, 0) is 16.6 Å². The third-order valence-electron chi connectivity index (χ3n) is 5.69. The van der Waals surface area contributed by atoms with E-state index in [4.69, 9.17) is 11.6 Å². The van der Waals surface area contributed by atoms with Crippen molar-refractivity contribution in [3.63, 3.8) is 0 Å². The number of hydrogen-bond acceptors (Lipinski definition) is 2. The minimum atomic E-state index is -4.92. The molecule has 1 saturated carbocycles. The zero-order valence-electron chi connectivity index (χ0n) is 18.9. The quantitative estimate of drug-likeness (QED) is 0.365. The molecular weight excluding hydrogens is 492 g/mol. The number of benzene rings is 2. The molecule has 184 valence electrons. The van der Waals surface area contributed by atoms with Crippen molar-refractivity contribution in [3.8, 4) is 11.1 Å². The predicted molar refractivity (Wildman–Crippen MR) is 126 cm³/mol. The molecule has 1 unspecified atom stereocenters. The summed E-state index contributed by atoms with van der Waals surface area (Å²) in [5, 5.41) is -0.525. The maximum Gasteiger partial charge on any atom is 0.408 e. The molecule has 1 N–H and O–H groups in total. The lowest BCUT2D eigenvalue weighted by molar-refractivity contribution is -0.152. The Morgan fingerprint density at radius 1 is 1.12 bits per heavy atom. The van der Waals surface area contributed by atoms with Crippen LogP contribution in [0.1, 0.15) is 45.2 Å². The van der Waals surface area contributed by atoms with Crippen LogP contribution in [0.15, 0.2) is 42.6 Å². The lowest BCUT2D eigenvalue weighted by Crippen LogP contribution is -2.39. The van der Waals surface area contributed by atoms with Crippen LogP contribution in [0.3, 0.4) is 0 Å². The summed E-state index contributed by atoms with van der Waals surface area (Å²) in [6.45, 7) is 6.10. The zero-order valence-corrected chi connectivity index (χ0v) is 20.5. The number of nitrogens with zero attached hydrogens (tertiary/aromatic N) is 1. The van der Waals surface area contributed by atoms with Gasteiger partial charge in [0.05, 0.1) is 5.25 Å². The van der Waals surface area contributed by atoms with Gasteiger partial charge in [-0.25, -0.2) is 12.8 Å². The SMILES string of the molecule is CC(C)(C)Cn1cc(C(NS(=O)(=O)C2CC2)C(F)(F)F)c2cc(F)c(-c3ccccc3Cl)cc21. The van der Waals surface area contributed by atoms with Gasteiger partial charge in [0.1, 0.15) is 11.9 Å². The van der Waals surface area contributed by atoms with E-state index in [1.807, 2.05) is 25.5 Å². The molecule has 1 heterocycles. The second kappa shape index (κ2) is 8.53. The first-order valence-corrected chi connectivity index (χ1v) is 12.7. The Labute approximate surface area is 201 Å². The number of fused-ring (bicyclic) bond motifs is 1. The Morgan fingerprint density at radius 2 is 1.76 bits per heavy atom. The highest BCUT2D eigenvalue weighted by Gasteiger charge is 2.47. The van der Waals surface area contributed by atoms with E-state index in [9.17, 15) is 21.6 Å². The van der Waals surface area contributed by atoms with Crippen molar-refractivity contribution >= 4 is 32.5 Å². The summed E-state index contributed by atoms with van der Waals surface area (Å²) < 4.78 is 86.0. The summed E-state index contributed by atoms with van der Waals surface area (Å²) in [5.74, 6) is -0.749. The van der Waals surface area contributed by atoms with Crippen LogP contribution in [0, 0.1) is 11.2 Å². The molecule has 0 amide bonds.